The van der Waals surface area contributed by atoms with Gasteiger partial charge in [-0.25, -0.2) is 9.78 Å². The van der Waals surface area contributed by atoms with Gasteiger partial charge in [0.15, 0.2) is 5.69 Å². The van der Waals surface area contributed by atoms with Gasteiger partial charge in [-0.05, 0) is 29.8 Å². The summed E-state index contributed by atoms with van der Waals surface area (Å²) in [6.07, 6.45) is 0. The third-order valence-corrected chi connectivity index (χ3v) is 4.45. The van der Waals surface area contributed by atoms with Crippen LogP contribution in [0.25, 0.3) is 10.6 Å². The molecule has 0 unspecified atom stereocenters. The van der Waals surface area contributed by atoms with Gasteiger partial charge in [-0.1, -0.05) is 35.9 Å². The molecular weight excluding hydrogens is 346 g/mol. The van der Waals surface area contributed by atoms with Gasteiger partial charge >= 0.3 is 5.97 Å². The number of hydrogen-bond acceptors (Lipinski definition) is 5. The standard InChI is InChI=1S/C18H14ClNO3S/c1-22-15-4-2-3-12(9-15)10-23-18(21)16-11-24-17(20-16)13-5-7-14(19)8-6-13/h2-9,11H,10H2,1H3. The van der Waals surface area contributed by atoms with E-state index in [9.17, 15) is 4.79 Å². The molecule has 0 aliphatic rings. The Labute approximate surface area is 148 Å². The van der Waals surface area contributed by atoms with Crippen molar-refractivity contribution in [1.29, 1.82) is 0 Å². The van der Waals surface area contributed by atoms with E-state index in [1.165, 1.54) is 11.3 Å². The van der Waals surface area contributed by atoms with Gasteiger partial charge in [0.1, 0.15) is 17.4 Å². The van der Waals surface area contributed by atoms with Gasteiger partial charge in [-0.2, -0.15) is 0 Å². The quantitative estimate of drug-likeness (QED) is 0.612. The van der Waals surface area contributed by atoms with Crippen LogP contribution in [0.4, 0.5) is 0 Å². The Bertz CT molecular complexity index is 845. The van der Waals surface area contributed by atoms with E-state index in [4.69, 9.17) is 21.1 Å². The maximum atomic E-state index is 12.1. The van der Waals surface area contributed by atoms with Crippen molar-refractivity contribution in [2.75, 3.05) is 7.11 Å². The Hall–Kier alpha value is -2.37. The zero-order chi connectivity index (χ0) is 16.9. The number of nitrogens with zero attached hydrogens (tertiary/aromatic N) is 1. The van der Waals surface area contributed by atoms with Crippen LogP contribution in [0.15, 0.2) is 53.9 Å². The average molecular weight is 360 g/mol. The molecule has 1 aromatic heterocycles. The van der Waals surface area contributed by atoms with E-state index in [0.29, 0.717) is 10.7 Å². The normalized spacial score (nSPS) is 10.4. The first-order chi connectivity index (χ1) is 11.7. The van der Waals surface area contributed by atoms with Crippen LogP contribution in [0, 0.1) is 0 Å². The Kier molecular flexibility index (Phi) is 5.13. The predicted molar refractivity (Wildman–Crippen MR) is 94.7 cm³/mol. The van der Waals surface area contributed by atoms with E-state index in [1.807, 2.05) is 36.4 Å². The van der Waals surface area contributed by atoms with Crippen LogP contribution >= 0.6 is 22.9 Å². The monoisotopic (exact) mass is 359 g/mol. The molecule has 122 valence electrons. The summed E-state index contributed by atoms with van der Waals surface area (Å²) in [4.78, 5) is 16.5. The van der Waals surface area contributed by atoms with Gasteiger partial charge in [-0.3, -0.25) is 0 Å². The van der Waals surface area contributed by atoms with E-state index in [0.717, 1.165) is 21.9 Å². The van der Waals surface area contributed by atoms with Crippen molar-refractivity contribution in [2.24, 2.45) is 0 Å². The van der Waals surface area contributed by atoms with Crippen molar-refractivity contribution in [3.63, 3.8) is 0 Å². The summed E-state index contributed by atoms with van der Waals surface area (Å²) >= 11 is 7.27. The maximum absolute atomic E-state index is 12.1. The Balaban J connectivity index is 1.66. The minimum absolute atomic E-state index is 0.170. The van der Waals surface area contributed by atoms with Gasteiger partial charge in [-0.15, -0.1) is 11.3 Å². The van der Waals surface area contributed by atoms with Gasteiger partial charge < -0.3 is 9.47 Å². The lowest BCUT2D eigenvalue weighted by molar-refractivity contribution is 0.0466. The molecule has 24 heavy (non-hydrogen) atoms. The second-order valence-corrected chi connectivity index (χ2v) is 6.27. The third-order valence-electron chi connectivity index (χ3n) is 3.31. The number of ether oxygens (including phenoxy) is 2. The van der Waals surface area contributed by atoms with Gasteiger partial charge in [0.05, 0.1) is 7.11 Å². The molecule has 0 amide bonds. The summed E-state index contributed by atoms with van der Waals surface area (Å²) in [7, 11) is 1.60. The van der Waals surface area contributed by atoms with Crippen molar-refractivity contribution in [3.05, 3.63) is 70.2 Å². The van der Waals surface area contributed by atoms with Gasteiger partial charge in [0.2, 0.25) is 0 Å². The fraction of sp³-hybridized carbons (Fsp3) is 0.111. The first kappa shape index (κ1) is 16.5. The molecule has 0 bridgehead atoms. The molecule has 4 nitrogen and oxygen atoms in total. The molecule has 6 heteroatoms. The average Bonchev–Trinajstić information content (AvgIpc) is 3.10. The number of rotatable bonds is 5. The molecule has 0 saturated heterocycles. The fourth-order valence-corrected chi connectivity index (χ4v) is 3.00. The number of carbonyl (C=O) groups is 1. The topological polar surface area (TPSA) is 48.4 Å². The van der Waals surface area contributed by atoms with Crippen molar-refractivity contribution >= 4 is 28.9 Å². The molecule has 0 atom stereocenters. The molecule has 0 aliphatic carbocycles. The van der Waals surface area contributed by atoms with E-state index in [1.54, 1.807) is 24.6 Å². The molecule has 0 aliphatic heterocycles. The number of aromatic nitrogens is 1. The van der Waals surface area contributed by atoms with Gasteiger partial charge in [0.25, 0.3) is 0 Å². The van der Waals surface area contributed by atoms with Crippen LogP contribution in [0.2, 0.25) is 5.02 Å². The highest BCUT2D eigenvalue weighted by Crippen LogP contribution is 2.25. The molecule has 0 fully saturated rings. The van der Waals surface area contributed by atoms with Crippen molar-refractivity contribution in [3.8, 4) is 16.3 Å². The Morgan fingerprint density at radius 3 is 2.75 bits per heavy atom. The lowest BCUT2D eigenvalue weighted by Crippen LogP contribution is -2.05. The second-order valence-electron chi connectivity index (χ2n) is 4.97. The molecule has 2 aromatic carbocycles. The fourth-order valence-electron chi connectivity index (χ4n) is 2.08. The third kappa shape index (κ3) is 3.93. The first-order valence-corrected chi connectivity index (χ1v) is 8.43. The zero-order valence-corrected chi connectivity index (χ0v) is 14.4. The Morgan fingerprint density at radius 1 is 1.21 bits per heavy atom. The van der Waals surface area contributed by atoms with E-state index >= 15 is 0 Å². The molecule has 1 heterocycles. The van der Waals surface area contributed by atoms with Crippen LogP contribution in [0.5, 0.6) is 5.75 Å². The number of thiazole rings is 1. The van der Waals surface area contributed by atoms with Crippen molar-refractivity contribution in [1.82, 2.24) is 4.98 Å². The van der Waals surface area contributed by atoms with Crippen molar-refractivity contribution < 1.29 is 14.3 Å². The number of esters is 1. The highest BCUT2D eigenvalue weighted by atomic mass is 35.5. The van der Waals surface area contributed by atoms with E-state index in [2.05, 4.69) is 4.98 Å². The number of benzene rings is 2. The molecule has 3 rings (SSSR count). The highest BCUT2D eigenvalue weighted by Gasteiger charge is 2.13. The smallest absolute Gasteiger partial charge is 0.358 e. The number of carbonyl (C=O) groups excluding carboxylic acids is 1. The maximum Gasteiger partial charge on any atom is 0.358 e. The number of methoxy groups -OCH3 is 1. The largest absolute Gasteiger partial charge is 0.497 e. The predicted octanol–water partition coefficient (Wildman–Crippen LogP) is 4.83. The minimum atomic E-state index is -0.450. The molecule has 3 aromatic rings. The summed E-state index contributed by atoms with van der Waals surface area (Å²) in [5, 5.41) is 3.10. The van der Waals surface area contributed by atoms with E-state index in [-0.39, 0.29) is 6.61 Å². The summed E-state index contributed by atoms with van der Waals surface area (Å²) in [5.41, 5.74) is 2.07. The van der Waals surface area contributed by atoms with Crippen LogP contribution < -0.4 is 4.74 Å². The molecule has 0 saturated carbocycles. The van der Waals surface area contributed by atoms with Gasteiger partial charge in [0, 0.05) is 16.0 Å². The summed E-state index contributed by atoms with van der Waals surface area (Å²) in [6.45, 7) is 0.170. The second kappa shape index (κ2) is 7.47. The Morgan fingerprint density at radius 2 is 2.00 bits per heavy atom. The van der Waals surface area contributed by atoms with Crippen molar-refractivity contribution in [2.45, 2.75) is 6.61 Å². The van der Waals surface area contributed by atoms with E-state index < -0.39 is 5.97 Å². The molecular formula is C18H14ClNO3S. The summed E-state index contributed by atoms with van der Waals surface area (Å²) in [6, 6.07) is 14.7. The van der Waals surface area contributed by atoms with Crippen LogP contribution in [-0.2, 0) is 11.3 Å². The lowest BCUT2D eigenvalue weighted by atomic mass is 10.2. The number of hydrogen-bond donors (Lipinski definition) is 0. The lowest BCUT2D eigenvalue weighted by Gasteiger charge is -2.05. The first-order valence-electron chi connectivity index (χ1n) is 7.17. The zero-order valence-electron chi connectivity index (χ0n) is 12.9. The molecule has 0 radical (unpaired) electrons. The highest BCUT2D eigenvalue weighted by molar-refractivity contribution is 7.13. The molecule has 0 spiro atoms. The number of halogens is 1. The van der Waals surface area contributed by atoms with Crippen LogP contribution in [0.3, 0.4) is 0 Å². The SMILES string of the molecule is COc1cccc(COC(=O)c2csc(-c3ccc(Cl)cc3)n2)c1. The van der Waals surface area contributed by atoms with Crippen LogP contribution in [0.1, 0.15) is 16.1 Å². The van der Waals surface area contributed by atoms with Crippen LogP contribution in [-0.4, -0.2) is 18.1 Å². The molecule has 0 N–H and O–H groups in total. The summed E-state index contributed by atoms with van der Waals surface area (Å²) < 4.78 is 10.5. The summed E-state index contributed by atoms with van der Waals surface area (Å²) in [5.74, 6) is 0.275. The minimum Gasteiger partial charge on any atom is -0.497 e.